The van der Waals surface area contributed by atoms with Gasteiger partial charge in [0, 0.05) is 34.6 Å². The van der Waals surface area contributed by atoms with E-state index >= 15 is 0 Å². The van der Waals surface area contributed by atoms with Crippen molar-refractivity contribution < 1.29 is 14.2 Å². The van der Waals surface area contributed by atoms with E-state index < -0.39 is 0 Å². The van der Waals surface area contributed by atoms with Crippen LogP contribution in [0.3, 0.4) is 0 Å². The average Bonchev–Trinajstić information content (AvgIpc) is 2.82. The number of hydrogen-bond acceptors (Lipinski definition) is 5. The van der Waals surface area contributed by atoms with Crippen molar-refractivity contribution in [2.75, 3.05) is 27.1 Å². The average molecular weight is 412 g/mol. The number of nitrogens with two attached hydrogens (primary N) is 1. The maximum absolute atomic E-state index is 6.39. The lowest BCUT2D eigenvalue weighted by molar-refractivity contribution is 0.366. The van der Waals surface area contributed by atoms with Gasteiger partial charge < -0.3 is 19.9 Å². The number of aromatic nitrogens is 1. The number of benzene rings is 3. The van der Waals surface area contributed by atoms with E-state index in [2.05, 4.69) is 24.3 Å². The summed E-state index contributed by atoms with van der Waals surface area (Å²) < 4.78 is 17.1. The van der Waals surface area contributed by atoms with Crippen molar-refractivity contribution in [2.24, 2.45) is 0 Å². The zero-order valence-corrected chi connectivity index (χ0v) is 17.8. The molecule has 1 heterocycles. The van der Waals surface area contributed by atoms with E-state index in [0.717, 1.165) is 51.1 Å². The Labute approximate surface area is 181 Å². The third-order valence-corrected chi connectivity index (χ3v) is 6.13. The Balaban J connectivity index is 1.88. The lowest BCUT2D eigenvalue weighted by Gasteiger charge is -2.31. The van der Waals surface area contributed by atoms with Crippen LogP contribution >= 0.6 is 0 Å². The molecule has 1 aliphatic carbocycles. The number of hydrogen-bond donors (Lipinski definition) is 1. The monoisotopic (exact) mass is 412 g/mol. The lowest BCUT2D eigenvalue weighted by atomic mass is 9.75. The first-order chi connectivity index (χ1) is 15.2. The molecule has 1 aromatic heterocycles. The van der Waals surface area contributed by atoms with Gasteiger partial charge in [-0.1, -0.05) is 48.5 Å². The van der Waals surface area contributed by atoms with E-state index in [1.54, 1.807) is 21.3 Å². The Bertz CT molecular complexity index is 1270. The molecule has 156 valence electrons. The second-order valence-corrected chi connectivity index (χ2v) is 7.66. The van der Waals surface area contributed by atoms with Crippen LogP contribution in [0.15, 0.2) is 60.7 Å². The summed E-state index contributed by atoms with van der Waals surface area (Å²) in [6, 6.07) is 20.4. The van der Waals surface area contributed by atoms with Gasteiger partial charge in [0.2, 0.25) is 0 Å². The summed E-state index contributed by atoms with van der Waals surface area (Å²) in [6.45, 7) is 0. The summed E-state index contributed by atoms with van der Waals surface area (Å²) in [5.41, 5.74) is 11.8. The summed E-state index contributed by atoms with van der Waals surface area (Å²) in [4.78, 5) is 4.88. The second kappa shape index (κ2) is 7.51. The molecule has 0 bridgehead atoms. The Kier molecular flexibility index (Phi) is 4.66. The number of methoxy groups -OCH3 is 3. The highest BCUT2D eigenvalue weighted by Gasteiger charge is 2.33. The molecule has 0 saturated carbocycles. The molecule has 4 aromatic rings. The smallest absolute Gasteiger partial charge is 0.131 e. The van der Waals surface area contributed by atoms with Crippen LogP contribution in [0.1, 0.15) is 22.6 Å². The molecule has 1 aliphatic rings. The van der Waals surface area contributed by atoms with Crippen LogP contribution in [0, 0.1) is 0 Å². The third-order valence-electron chi connectivity index (χ3n) is 6.13. The largest absolute Gasteiger partial charge is 0.496 e. The first-order valence-electron chi connectivity index (χ1n) is 10.2. The van der Waals surface area contributed by atoms with E-state index in [0.29, 0.717) is 11.6 Å². The molecule has 0 amide bonds. The number of nitrogen functional groups attached to an aromatic ring is 1. The van der Waals surface area contributed by atoms with Gasteiger partial charge in [0.25, 0.3) is 0 Å². The van der Waals surface area contributed by atoms with Crippen LogP contribution < -0.4 is 19.9 Å². The molecular formula is C26H24N2O3. The van der Waals surface area contributed by atoms with Crippen molar-refractivity contribution in [3.05, 3.63) is 77.4 Å². The predicted molar refractivity (Wildman–Crippen MR) is 123 cm³/mol. The molecule has 0 spiro atoms. The van der Waals surface area contributed by atoms with Crippen LogP contribution in [0.25, 0.3) is 22.0 Å². The van der Waals surface area contributed by atoms with Crippen LogP contribution in [-0.4, -0.2) is 26.3 Å². The van der Waals surface area contributed by atoms with Crippen molar-refractivity contribution >= 4 is 16.6 Å². The minimum absolute atomic E-state index is 0.0151. The van der Waals surface area contributed by atoms with Gasteiger partial charge in [-0.3, -0.25) is 0 Å². The van der Waals surface area contributed by atoms with Gasteiger partial charge in [-0.15, -0.1) is 0 Å². The van der Waals surface area contributed by atoms with Crippen molar-refractivity contribution in [3.63, 3.8) is 0 Å². The SMILES string of the molecule is COc1cc(OC)c(C2Cc3ccccc3-c3nc(N)c4ccccc4c32)c(OC)c1. The summed E-state index contributed by atoms with van der Waals surface area (Å²) in [7, 11) is 4.99. The lowest BCUT2D eigenvalue weighted by Crippen LogP contribution is -2.17. The molecule has 2 N–H and O–H groups in total. The predicted octanol–water partition coefficient (Wildman–Crippen LogP) is 5.20. The molecule has 0 saturated heterocycles. The quantitative estimate of drug-likeness (QED) is 0.499. The Morgan fingerprint density at radius 1 is 0.806 bits per heavy atom. The van der Waals surface area contributed by atoms with Gasteiger partial charge in [-0.2, -0.15) is 0 Å². The fraction of sp³-hybridized carbons (Fsp3) is 0.192. The third kappa shape index (κ3) is 2.96. The minimum atomic E-state index is -0.0151. The highest BCUT2D eigenvalue weighted by atomic mass is 16.5. The summed E-state index contributed by atoms with van der Waals surface area (Å²) >= 11 is 0. The van der Waals surface area contributed by atoms with Crippen molar-refractivity contribution in [3.8, 4) is 28.5 Å². The highest BCUT2D eigenvalue weighted by Crippen LogP contribution is 2.51. The summed E-state index contributed by atoms with van der Waals surface area (Å²) in [5, 5.41) is 2.06. The van der Waals surface area contributed by atoms with Crippen LogP contribution in [0.4, 0.5) is 5.82 Å². The van der Waals surface area contributed by atoms with E-state index in [1.165, 1.54) is 5.56 Å². The Morgan fingerprint density at radius 2 is 1.45 bits per heavy atom. The van der Waals surface area contributed by atoms with Gasteiger partial charge in [0.1, 0.15) is 23.1 Å². The van der Waals surface area contributed by atoms with Crippen LogP contribution in [0.5, 0.6) is 17.2 Å². The molecule has 1 atom stereocenters. The van der Waals surface area contributed by atoms with Gasteiger partial charge in [-0.25, -0.2) is 4.98 Å². The number of fused-ring (bicyclic) bond motifs is 5. The molecule has 0 radical (unpaired) electrons. The Hall–Kier alpha value is -3.73. The molecule has 1 unspecified atom stereocenters. The van der Waals surface area contributed by atoms with Gasteiger partial charge in [0.15, 0.2) is 0 Å². The molecule has 5 rings (SSSR count). The number of anilines is 1. The first-order valence-corrected chi connectivity index (χ1v) is 10.2. The van der Waals surface area contributed by atoms with Crippen molar-refractivity contribution in [1.29, 1.82) is 0 Å². The van der Waals surface area contributed by atoms with Gasteiger partial charge in [0.05, 0.1) is 27.0 Å². The topological polar surface area (TPSA) is 66.6 Å². The fourth-order valence-electron chi connectivity index (χ4n) is 4.74. The fourth-order valence-corrected chi connectivity index (χ4v) is 4.74. The van der Waals surface area contributed by atoms with Crippen LogP contribution in [0.2, 0.25) is 0 Å². The zero-order chi connectivity index (χ0) is 21.5. The van der Waals surface area contributed by atoms with E-state index in [1.807, 2.05) is 36.4 Å². The molecular weight excluding hydrogens is 388 g/mol. The number of ether oxygens (including phenoxy) is 3. The molecule has 3 aromatic carbocycles. The summed E-state index contributed by atoms with van der Waals surface area (Å²) in [6.07, 6.45) is 0.803. The highest BCUT2D eigenvalue weighted by molar-refractivity contribution is 5.99. The standard InChI is InChI=1S/C26H24N2O3/c1-29-16-13-21(30-2)24(22(14-16)31-3)20-12-15-8-4-5-9-17(15)25-23(20)18-10-6-7-11-19(18)26(27)28-25/h4-11,13-14,20H,12H2,1-3H3,(H2,27,28). The maximum atomic E-state index is 6.39. The van der Waals surface area contributed by atoms with Crippen molar-refractivity contribution in [2.45, 2.75) is 12.3 Å². The van der Waals surface area contributed by atoms with E-state index in [-0.39, 0.29) is 5.92 Å². The molecule has 5 nitrogen and oxygen atoms in total. The number of pyridine rings is 1. The molecule has 5 heteroatoms. The molecule has 0 aliphatic heterocycles. The summed E-state index contributed by atoms with van der Waals surface area (Å²) in [5.74, 6) is 2.67. The van der Waals surface area contributed by atoms with E-state index in [9.17, 15) is 0 Å². The van der Waals surface area contributed by atoms with Crippen LogP contribution in [-0.2, 0) is 6.42 Å². The minimum Gasteiger partial charge on any atom is -0.496 e. The van der Waals surface area contributed by atoms with Gasteiger partial charge in [-0.05, 0) is 22.9 Å². The normalized spacial score (nSPS) is 14.6. The van der Waals surface area contributed by atoms with Gasteiger partial charge >= 0.3 is 0 Å². The van der Waals surface area contributed by atoms with Crippen molar-refractivity contribution in [1.82, 2.24) is 4.98 Å². The maximum Gasteiger partial charge on any atom is 0.131 e. The molecule has 31 heavy (non-hydrogen) atoms. The van der Waals surface area contributed by atoms with E-state index in [4.69, 9.17) is 24.9 Å². The number of rotatable bonds is 4. The second-order valence-electron chi connectivity index (χ2n) is 7.66. The number of nitrogens with zero attached hydrogens (tertiary/aromatic N) is 1. The first kappa shape index (κ1) is 19.2. The zero-order valence-electron chi connectivity index (χ0n) is 17.8. The Morgan fingerprint density at radius 3 is 2.13 bits per heavy atom. The molecule has 0 fully saturated rings.